The SMILES string of the molecule is c1ccc([Si]2(c3ccccc3)c3ccccc3N(c3cccc(-c4cccc(-c5ccc6oc7ccccc7c6c5)c4)c3)c3ccccc32)cc1. The van der Waals surface area contributed by atoms with E-state index in [4.69, 9.17) is 4.42 Å². The molecule has 0 aliphatic carbocycles. The van der Waals surface area contributed by atoms with E-state index >= 15 is 0 Å². The molecular weight excluding hydrogens is 635 g/mol. The molecule has 0 fully saturated rings. The van der Waals surface area contributed by atoms with E-state index in [1.165, 1.54) is 54.4 Å². The van der Waals surface area contributed by atoms with Gasteiger partial charge in [-0.25, -0.2) is 0 Å². The largest absolute Gasteiger partial charge is 0.456 e. The molecule has 0 saturated carbocycles. The molecule has 0 bridgehead atoms. The number of benzene rings is 8. The van der Waals surface area contributed by atoms with E-state index < -0.39 is 8.07 Å². The van der Waals surface area contributed by atoms with Crippen LogP contribution < -0.4 is 25.6 Å². The molecule has 2 nitrogen and oxygen atoms in total. The normalized spacial score (nSPS) is 13.2. The Kier molecular flexibility index (Phi) is 6.86. The van der Waals surface area contributed by atoms with E-state index in [1.54, 1.807) is 0 Å². The summed E-state index contributed by atoms with van der Waals surface area (Å²) in [6.45, 7) is 0. The van der Waals surface area contributed by atoms with Crippen LogP contribution in [-0.2, 0) is 0 Å². The molecule has 2 heterocycles. The fourth-order valence-electron chi connectivity index (χ4n) is 8.30. The van der Waals surface area contributed by atoms with Crippen molar-refractivity contribution in [2.45, 2.75) is 0 Å². The van der Waals surface area contributed by atoms with Crippen molar-refractivity contribution < 1.29 is 4.42 Å². The number of hydrogen-bond donors (Lipinski definition) is 0. The fourth-order valence-corrected chi connectivity index (χ4v) is 13.4. The van der Waals surface area contributed by atoms with E-state index in [-0.39, 0.29) is 0 Å². The molecule has 240 valence electrons. The second-order valence-electron chi connectivity index (χ2n) is 13.3. The van der Waals surface area contributed by atoms with Gasteiger partial charge in [-0.1, -0.05) is 152 Å². The van der Waals surface area contributed by atoms with Crippen LogP contribution in [0.2, 0.25) is 0 Å². The summed E-state index contributed by atoms with van der Waals surface area (Å²) >= 11 is 0. The summed E-state index contributed by atoms with van der Waals surface area (Å²) in [6.07, 6.45) is 0. The van der Waals surface area contributed by atoms with Crippen LogP contribution in [0.5, 0.6) is 0 Å². The Morgan fingerprint density at radius 3 is 1.53 bits per heavy atom. The van der Waals surface area contributed by atoms with Gasteiger partial charge in [0.15, 0.2) is 8.07 Å². The van der Waals surface area contributed by atoms with Gasteiger partial charge >= 0.3 is 0 Å². The summed E-state index contributed by atoms with van der Waals surface area (Å²) in [5.41, 5.74) is 10.2. The van der Waals surface area contributed by atoms with Gasteiger partial charge < -0.3 is 9.32 Å². The maximum Gasteiger partial charge on any atom is 0.184 e. The van der Waals surface area contributed by atoms with E-state index in [9.17, 15) is 0 Å². The average molecular weight is 668 g/mol. The number of hydrogen-bond acceptors (Lipinski definition) is 2. The van der Waals surface area contributed by atoms with Gasteiger partial charge in [-0.2, -0.15) is 0 Å². The number of anilines is 3. The summed E-state index contributed by atoms with van der Waals surface area (Å²) < 4.78 is 6.12. The third-order valence-corrected chi connectivity index (χ3v) is 15.4. The zero-order valence-electron chi connectivity index (χ0n) is 27.9. The third kappa shape index (κ3) is 4.63. The Bertz CT molecular complexity index is 2620. The summed E-state index contributed by atoms with van der Waals surface area (Å²) in [7, 11) is -2.65. The van der Waals surface area contributed by atoms with Gasteiger partial charge in [0.05, 0.1) is 0 Å². The average Bonchev–Trinajstić information content (AvgIpc) is 3.59. The van der Waals surface area contributed by atoms with Gasteiger partial charge in [0.25, 0.3) is 0 Å². The van der Waals surface area contributed by atoms with Crippen molar-refractivity contribution in [1.29, 1.82) is 0 Å². The predicted octanol–water partition coefficient (Wildman–Crippen LogP) is 10.1. The summed E-state index contributed by atoms with van der Waals surface area (Å²) in [4.78, 5) is 2.48. The predicted molar refractivity (Wildman–Crippen MR) is 216 cm³/mol. The second-order valence-corrected chi connectivity index (χ2v) is 17.0. The Morgan fingerprint density at radius 2 is 0.863 bits per heavy atom. The van der Waals surface area contributed by atoms with E-state index in [2.05, 4.69) is 193 Å². The first kappa shape index (κ1) is 29.5. The van der Waals surface area contributed by atoms with Gasteiger partial charge in [0.1, 0.15) is 11.2 Å². The molecule has 1 aromatic heterocycles. The lowest BCUT2D eigenvalue weighted by Gasteiger charge is -2.45. The highest BCUT2D eigenvalue weighted by atomic mass is 28.3. The van der Waals surface area contributed by atoms with Crippen LogP contribution in [0.1, 0.15) is 0 Å². The molecule has 9 aromatic rings. The minimum atomic E-state index is -2.65. The molecule has 0 saturated heterocycles. The molecule has 1 aliphatic rings. The standard InChI is InChI=1S/C48H33NOSi/c1-3-19-39(20-4-1)51(40-21-5-2-6-22-40)47-27-11-8-24-43(47)49(44-25-9-12-28-48(44)51)38-18-14-17-36(32-38)34-15-13-16-35(31-34)37-29-30-46-42(33-37)41-23-7-10-26-45(41)50-46/h1-33H. The van der Waals surface area contributed by atoms with Crippen molar-refractivity contribution >= 4 is 67.8 Å². The molecule has 0 N–H and O–H groups in total. The summed E-state index contributed by atoms with van der Waals surface area (Å²) in [6, 6.07) is 73.2. The quantitative estimate of drug-likeness (QED) is 0.170. The summed E-state index contributed by atoms with van der Waals surface area (Å²) in [5, 5.41) is 7.87. The highest BCUT2D eigenvalue weighted by Crippen LogP contribution is 2.40. The molecular formula is C48H33NOSi. The topological polar surface area (TPSA) is 16.4 Å². The number of fused-ring (bicyclic) bond motifs is 5. The maximum atomic E-state index is 6.12. The lowest BCUT2D eigenvalue weighted by molar-refractivity contribution is 0.669. The highest BCUT2D eigenvalue weighted by molar-refractivity contribution is 7.21. The molecule has 0 atom stereocenters. The Morgan fingerprint density at radius 1 is 0.353 bits per heavy atom. The molecule has 3 heteroatoms. The van der Waals surface area contributed by atoms with Crippen molar-refractivity contribution in [2.24, 2.45) is 0 Å². The van der Waals surface area contributed by atoms with Gasteiger partial charge in [0, 0.05) is 27.8 Å². The monoisotopic (exact) mass is 667 g/mol. The Labute approximate surface area is 298 Å². The highest BCUT2D eigenvalue weighted by Gasteiger charge is 2.48. The van der Waals surface area contributed by atoms with Crippen LogP contribution in [0.4, 0.5) is 17.1 Å². The van der Waals surface area contributed by atoms with Crippen molar-refractivity contribution in [3.05, 3.63) is 200 Å². The number of nitrogens with zero attached hydrogens (tertiary/aromatic N) is 1. The molecule has 10 rings (SSSR count). The smallest absolute Gasteiger partial charge is 0.184 e. The molecule has 0 spiro atoms. The zero-order valence-corrected chi connectivity index (χ0v) is 28.9. The second kappa shape index (κ2) is 11.9. The van der Waals surface area contributed by atoms with Gasteiger partial charge in [-0.3, -0.25) is 0 Å². The van der Waals surface area contributed by atoms with Crippen molar-refractivity contribution in [3.8, 4) is 22.3 Å². The molecule has 0 radical (unpaired) electrons. The first-order valence-corrected chi connectivity index (χ1v) is 19.5. The molecule has 51 heavy (non-hydrogen) atoms. The first-order chi connectivity index (χ1) is 25.3. The Hall–Kier alpha value is -6.42. The van der Waals surface area contributed by atoms with Gasteiger partial charge in [0.2, 0.25) is 0 Å². The summed E-state index contributed by atoms with van der Waals surface area (Å²) in [5.74, 6) is 0. The number of furan rings is 1. The van der Waals surface area contributed by atoms with E-state index in [1.807, 2.05) is 12.1 Å². The van der Waals surface area contributed by atoms with Crippen molar-refractivity contribution in [3.63, 3.8) is 0 Å². The molecule has 1 aliphatic heterocycles. The van der Waals surface area contributed by atoms with E-state index in [0.717, 1.165) is 27.6 Å². The fraction of sp³-hybridized carbons (Fsp3) is 0. The van der Waals surface area contributed by atoms with Gasteiger partial charge in [-0.15, -0.1) is 0 Å². The van der Waals surface area contributed by atoms with Gasteiger partial charge in [-0.05, 0) is 91.5 Å². The van der Waals surface area contributed by atoms with Crippen LogP contribution in [0.3, 0.4) is 0 Å². The lowest BCUT2D eigenvalue weighted by atomic mass is 9.97. The zero-order chi connectivity index (χ0) is 33.8. The third-order valence-electron chi connectivity index (χ3n) is 10.5. The van der Waals surface area contributed by atoms with Crippen LogP contribution in [0, 0.1) is 0 Å². The molecule has 8 aromatic carbocycles. The Balaban J connectivity index is 1.12. The minimum absolute atomic E-state index is 0.914. The van der Waals surface area contributed by atoms with Crippen molar-refractivity contribution in [1.82, 2.24) is 0 Å². The maximum absolute atomic E-state index is 6.12. The van der Waals surface area contributed by atoms with Crippen LogP contribution in [0.25, 0.3) is 44.2 Å². The van der Waals surface area contributed by atoms with Crippen molar-refractivity contribution in [2.75, 3.05) is 4.90 Å². The van der Waals surface area contributed by atoms with Crippen LogP contribution in [-0.4, -0.2) is 8.07 Å². The lowest BCUT2D eigenvalue weighted by Crippen LogP contribution is -2.77. The minimum Gasteiger partial charge on any atom is -0.456 e. The number of rotatable bonds is 5. The van der Waals surface area contributed by atoms with Crippen LogP contribution >= 0.6 is 0 Å². The van der Waals surface area contributed by atoms with E-state index in [0.29, 0.717) is 0 Å². The molecule has 0 unspecified atom stereocenters. The molecule has 0 amide bonds. The van der Waals surface area contributed by atoms with Crippen LogP contribution in [0.15, 0.2) is 205 Å². The first-order valence-electron chi connectivity index (χ1n) is 17.5. The number of para-hydroxylation sites is 3.